The van der Waals surface area contributed by atoms with Crippen molar-refractivity contribution in [2.75, 3.05) is 26.2 Å². The lowest BCUT2D eigenvalue weighted by molar-refractivity contribution is 0.276. The fourth-order valence-corrected chi connectivity index (χ4v) is 3.67. The first-order valence-corrected chi connectivity index (χ1v) is 8.51. The van der Waals surface area contributed by atoms with Crippen molar-refractivity contribution in [3.63, 3.8) is 0 Å². The molecule has 4 heteroatoms. The summed E-state index contributed by atoms with van der Waals surface area (Å²) in [5.41, 5.74) is 2.47. The molecule has 0 amide bonds. The van der Waals surface area contributed by atoms with E-state index in [0.29, 0.717) is 6.04 Å². The molecule has 21 heavy (non-hydrogen) atoms. The molecule has 116 valence electrons. The summed E-state index contributed by atoms with van der Waals surface area (Å²) in [6, 6.07) is 4.09. The molecule has 1 aromatic rings. The summed E-state index contributed by atoms with van der Waals surface area (Å²) in [6.45, 7) is 4.71. The molecule has 2 aliphatic rings. The zero-order valence-electron chi connectivity index (χ0n) is 12.9. The Kier molecular flexibility index (Phi) is 5.09. The van der Waals surface area contributed by atoms with Gasteiger partial charge in [0.05, 0.1) is 0 Å². The number of rotatable bonds is 4. The number of hydrogen-bond donors (Lipinski definition) is 2. The molecule has 0 radical (unpaired) electrons. The van der Waals surface area contributed by atoms with Crippen molar-refractivity contribution >= 4 is 0 Å². The van der Waals surface area contributed by atoms with Crippen LogP contribution < -0.4 is 10.9 Å². The van der Waals surface area contributed by atoms with Gasteiger partial charge in [-0.2, -0.15) is 0 Å². The van der Waals surface area contributed by atoms with Gasteiger partial charge in [-0.05, 0) is 50.8 Å². The minimum Gasteiger partial charge on any atom is -0.326 e. The van der Waals surface area contributed by atoms with Crippen molar-refractivity contribution in [1.29, 1.82) is 0 Å². The number of nitrogens with zero attached hydrogens (tertiary/aromatic N) is 1. The molecule has 4 nitrogen and oxygen atoms in total. The van der Waals surface area contributed by atoms with Crippen LogP contribution in [0.2, 0.25) is 0 Å². The molecule has 2 N–H and O–H groups in total. The number of H-pyrrole nitrogens is 1. The zero-order chi connectivity index (χ0) is 14.5. The average Bonchev–Trinajstić information content (AvgIpc) is 2.76. The summed E-state index contributed by atoms with van der Waals surface area (Å²) < 4.78 is 0. The van der Waals surface area contributed by atoms with Crippen LogP contribution in [0.3, 0.4) is 0 Å². The summed E-state index contributed by atoms with van der Waals surface area (Å²) in [7, 11) is 0. The van der Waals surface area contributed by atoms with Crippen LogP contribution in [0.1, 0.15) is 55.8 Å². The van der Waals surface area contributed by atoms with E-state index in [1.165, 1.54) is 50.8 Å². The molecule has 0 spiro atoms. The first-order chi connectivity index (χ1) is 10.3. The van der Waals surface area contributed by atoms with Crippen molar-refractivity contribution < 1.29 is 0 Å². The van der Waals surface area contributed by atoms with Crippen molar-refractivity contribution in [2.45, 2.75) is 51.0 Å². The van der Waals surface area contributed by atoms with Crippen molar-refractivity contribution in [3.8, 4) is 0 Å². The van der Waals surface area contributed by atoms with E-state index in [2.05, 4.69) is 15.2 Å². The Labute approximate surface area is 126 Å². The SMILES string of the molecule is O=c1ccc2c([nH]1)CCCC2NCCN1CCCCCC1. The van der Waals surface area contributed by atoms with Crippen LogP contribution in [0.25, 0.3) is 0 Å². The van der Waals surface area contributed by atoms with E-state index in [4.69, 9.17) is 0 Å². The van der Waals surface area contributed by atoms with Crippen LogP contribution in [0.15, 0.2) is 16.9 Å². The van der Waals surface area contributed by atoms with Crippen molar-refractivity contribution in [1.82, 2.24) is 15.2 Å². The molecule has 1 fully saturated rings. The number of aryl methyl sites for hydroxylation is 1. The van der Waals surface area contributed by atoms with Gasteiger partial charge in [-0.1, -0.05) is 18.9 Å². The highest BCUT2D eigenvalue weighted by Gasteiger charge is 2.20. The number of hydrogen-bond acceptors (Lipinski definition) is 3. The summed E-state index contributed by atoms with van der Waals surface area (Å²) in [6.07, 6.45) is 8.85. The number of fused-ring (bicyclic) bond motifs is 1. The van der Waals surface area contributed by atoms with Crippen LogP contribution in [0.4, 0.5) is 0 Å². The highest BCUT2D eigenvalue weighted by molar-refractivity contribution is 5.26. The average molecular weight is 289 g/mol. The molecule has 1 aromatic heterocycles. The third-order valence-electron chi connectivity index (χ3n) is 4.85. The van der Waals surface area contributed by atoms with Crippen LogP contribution in [-0.2, 0) is 6.42 Å². The Bertz CT molecular complexity index is 503. The summed E-state index contributed by atoms with van der Waals surface area (Å²) >= 11 is 0. The molecular formula is C17H27N3O. The van der Waals surface area contributed by atoms with Crippen LogP contribution in [0.5, 0.6) is 0 Å². The molecule has 3 rings (SSSR count). The van der Waals surface area contributed by atoms with E-state index in [9.17, 15) is 4.79 Å². The first kappa shape index (κ1) is 14.8. The number of aromatic amines is 1. The minimum atomic E-state index is 0.0268. The molecule has 2 heterocycles. The number of nitrogens with one attached hydrogen (secondary N) is 2. The van der Waals surface area contributed by atoms with E-state index in [-0.39, 0.29) is 5.56 Å². The van der Waals surface area contributed by atoms with E-state index in [1.54, 1.807) is 6.07 Å². The Balaban J connectivity index is 1.53. The molecule has 1 aliphatic carbocycles. The van der Waals surface area contributed by atoms with Gasteiger partial charge >= 0.3 is 0 Å². The second-order valence-corrected chi connectivity index (χ2v) is 6.41. The second-order valence-electron chi connectivity index (χ2n) is 6.41. The van der Waals surface area contributed by atoms with Gasteiger partial charge in [0, 0.05) is 30.9 Å². The fourth-order valence-electron chi connectivity index (χ4n) is 3.67. The zero-order valence-corrected chi connectivity index (χ0v) is 12.9. The quantitative estimate of drug-likeness (QED) is 0.893. The van der Waals surface area contributed by atoms with E-state index < -0.39 is 0 Å². The first-order valence-electron chi connectivity index (χ1n) is 8.51. The Morgan fingerprint density at radius 1 is 1.14 bits per heavy atom. The molecule has 1 unspecified atom stereocenters. The van der Waals surface area contributed by atoms with Gasteiger partial charge in [-0.3, -0.25) is 4.79 Å². The molecule has 0 saturated carbocycles. The molecule has 1 atom stereocenters. The van der Waals surface area contributed by atoms with Gasteiger partial charge < -0.3 is 15.2 Å². The van der Waals surface area contributed by atoms with Gasteiger partial charge in [-0.25, -0.2) is 0 Å². The summed E-state index contributed by atoms with van der Waals surface area (Å²) in [5.74, 6) is 0. The second kappa shape index (κ2) is 7.23. The van der Waals surface area contributed by atoms with E-state index in [1.807, 2.05) is 6.07 Å². The van der Waals surface area contributed by atoms with Crippen LogP contribution in [0, 0.1) is 0 Å². The van der Waals surface area contributed by atoms with Gasteiger partial charge in [0.2, 0.25) is 5.56 Å². The topological polar surface area (TPSA) is 48.1 Å². The molecule has 0 aromatic carbocycles. The fraction of sp³-hybridized carbons (Fsp3) is 0.706. The lowest BCUT2D eigenvalue weighted by Crippen LogP contribution is -2.35. The molecule has 1 saturated heterocycles. The Morgan fingerprint density at radius 2 is 1.95 bits per heavy atom. The monoisotopic (exact) mass is 289 g/mol. The van der Waals surface area contributed by atoms with Gasteiger partial charge in [0.25, 0.3) is 0 Å². The van der Waals surface area contributed by atoms with E-state index in [0.717, 1.165) is 31.6 Å². The maximum atomic E-state index is 11.4. The van der Waals surface area contributed by atoms with Gasteiger partial charge in [0.15, 0.2) is 0 Å². The Hall–Kier alpha value is -1.13. The normalized spacial score (nSPS) is 23.5. The van der Waals surface area contributed by atoms with Gasteiger partial charge in [-0.15, -0.1) is 0 Å². The Morgan fingerprint density at radius 3 is 2.76 bits per heavy atom. The lowest BCUT2D eigenvalue weighted by Gasteiger charge is -2.27. The molecule has 1 aliphatic heterocycles. The van der Waals surface area contributed by atoms with Gasteiger partial charge in [0.1, 0.15) is 0 Å². The predicted octanol–water partition coefficient (Wildman–Crippen LogP) is 2.22. The van der Waals surface area contributed by atoms with Crippen LogP contribution in [-0.4, -0.2) is 36.1 Å². The highest BCUT2D eigenvalue weighted by atomic mass is 16.1. The largest absolute Gasteiger partial charge is 0.326 e. The lowest BCUT2D eigenvalue weighted by atomic mass is 9.91. The maximum Gasteiger partial charge on any atom is 0.248 e. The minimum absolute atomic E-state index is 0.0268. The summed E-state index contributed by atoms with van der Waals surface area (Å²) in [5, 5.41) is 3.70. The maximum absolute atomic E-state index is 11.4. The third-order valence-corrected chi connectivity index (χ3v) is 4.85. The molecule has 0 bridgehead atoms. The van der Waals surface area contributed by atoms with Crippen LogP contribution >= 0.6 is 0 Å². The third kappa shape index (κ3) is 3.95. The van der Waals surface area contributed by atoms with Crippen molar-refractivity contribution in [2.24, 2.45) is 0 Å². The number of aromatic nitrogens is 1. The van der Waals surface area contributed by atoms with E-state index >= 15 is 0 Å². The highest BCUT2D eigenvalue weighted by Crippen LogP contribution is 2.27. The predicted molar refractivity (Wildman–Crippen MR) is 85.7 cm³/mol. The number of likely N-dealkylation sites (tertiary alicyclic amines) is 1. The summed E-state index contributed by atoms with van der Waals surface area (Å²) in [4.78, 5) is 17.0. The smallest absolute Gasteiger partial charge is 0.248 e. The molecular weight excluding hydrogens is 262 g/mol. The standard InChI is InChI=1S/C17H27N3O/c21-17-9-8-14-15(6-5-7-16(14)19-17)18-10-13-20-11-3-1-2-4-12-20/h8-9,15,18H,1-7,10-13H2,(H,19,21). The van der Waals surface area contributed by atoms with Crippen molar-refractivity contribution in [3.05, 3.63) is 33.7 Å². The number of pyridine rings is 1.